The summed E-state index contributed by atoms with van der Waals surface area (Å²) in [7, 11) is 1.69. The summed E-state index contributed by atoms with van der Waals surface area (Å²) in [6.07, 6.45) is 1.49. The van der Waals surface area contributed by atoms with Gasteiger partial charge in [-0.1, -0.05) is 0 Å². The summed E-state index contributed by atoms with van der Waals surface area (Å²) >= 11 is 0. The minimum atomic E-state index is -1.00. The number of hydrogen-bond donors (Lipinski definition) is 1. The highest BCUT2D eigenvalue weighted by atomic mass is 16.4. The van der Waals surface area contributed by atoms with E-state index in [0.717, 1.165) is 0 Å². The average Bonchev–Trinajstić information content (AvgIpc) is 2.47. The Labute approximate surface area is 79.2 Å². The summed E-state index contributed by atoms with van der Waals surface area (Å²) in [5, 5.41) is 21.1. The van der Waals surface area contributed by atoms with Crippen LogP contribution in [0.4, 0.5) is 0 Å². The van der Waals surface area contributed by atoms with Crippen molar-refractivity contribution in [1.29, 1.82) is 0 Å². The van der Waals surface area contributed by atoms with Gasteiger partial charge in [-0.25, -0.2) is 9.48 Å². The first kappa shape index (κ1) is 8.61. The van der Waals surface area contributed by atoms with E-state index in [-0.39, 0.29) is 5.56 Å². The zero-order valence-corrected chi connectivity index (χ0v) is 7.72. The molecule has 0 unspecified atom stereocenters. The third-order valence-corrected chi connectivity index (χ3v) is 2.05. The van der Waals surface area contributed by atoms with Crippen molar-refractivity contribution in [3.05, 3.63) is 17.5 Å². The summed E-state index contributed by atoms with van der Waals surface area (Å²) in [5.74, 6) is -1.00. The van der Waals surface area contributed by atoms with E-state index in [9.17, 15) is 4.79 Å². The molecule has 0 bridgehead atoms. The van der Waals surface area contributed by atoms with Gasteiger partial charge in [0.15, 0.2) is 5.65 Å². The minimum Gasteiger partial charge on any atom is -0.478 e. The maximum atomic E-state index is 10.9. The van der Waals surface area contributed by atoms with E-state index in [4.69, 9.17) is 5.11 Å². The largest absolute Gasteiger partial charge is 0.478 e. The number of rotatable bonds is 1. The molecule has 0 spiro atoms. The molecular weight excluding hydrogens is 184 g/mol. The van der Waals surface area contributed by atoms with Gasteiger partial charge in [0.2, 0.25) is 0 Å². The lowest BCUT2D eigenvalue weighted by Crippen LogP contribution is -2.05. The van der Waals surface area contributed by atoms with Crippen molar-refractivity contribution in [2.45, 2.75) is 6.92 Å². The van der Waals surface area contributed by atoms with E-state index in [0.29, 0.717) is 16.7 Å². The van der Waals surface area contributed by atoms with Crippen molar-refractivity contribution in [2.75, 3.05) is 0 Å². The molecule has 0 aliphatic rings. The molecule has 0 radical (unpaired) electrons. The highest BCUT2D eigenvalue weighted by Crippen LogP contribution is 2.17. The number of aromatic nitrogens is 4. The van der Waals surface area contributed by atoms with E-state index in [2.05, 4.69) is 15.3 Å². The van der Waals surface area contributed by atoms with Gasteiger partial charge in [-0.05, 0) is 6.92 Å². The molecule has 0 aliphatic heterocycles. The van der Waals surface area contributed by atoms with Crippen LogP contribution in [0.25, 0.3) is 11.0 Å². The van der Waals surface area contributed by atoms with Crippen LogP contribution in [-0.2, 0) is 7.05 Å². The fourth-order valence-electron chi connectivity index (χ4n) is 1.36. The SMILES string of the molecule is Cc1nnc2c(cnn2C)c1C(=O)O. The maximum Gasteiger partial charge on any atom is 0.338 e. The van der Waals surface area contributed by atoms with E-state index >= 15 is 0 Å². The molecule has 0 fully saturated rings. The summed E-state index contributed by atoms with van der Waals surface area (Å²) < 4.78 is 1.49. The van der Waals surface area contributed by atoms with E-state index < -0.39 is 5.97 Å². The smallest absolute Gasteiger partial charge is 0.338 e. The monoisotopic (exact) mass is 192 g/mol. The van der Waals surface area contributed by atoms with Gasteiger partial charge in [-0.15, -0.1) is 5.10 Å². The molecule has 6 heteroatoms. The van der Waals surface area contributed by atoms with Crippen molar-refractivity contribution >= 4 is 17.0 Å². The summed E-state index contributed by atoms with van der Waals surface area (Å²) in [4.78, 5) is 10.9. The molecule has 0 saturated heterocycles. The molecule has 0 aliphatic carbocycles. The molecule has 1 N–H and O–H groups in total. The normalized spacial score (nSPS) is 10.7. The lowest BCUT2D eigenvalue weighted by molar-refractivity contribution is 0.0697. The minimum absolute atomic E-state index is 0.170. The van der Waals surface area contributed by atoms with E-state index in [1.807, 2.05) is 0 Å². The zero-order chi connectivity index (χ0) is 10.3. The summed E-state index contributed by atoms with van der Waals surface area (Å²) in [6.45, 7) is 1.61. The van der Waals surface area contributed by atoms with Crippen molar-refractivity contribution in [1.82, 2.24) is 20.0 Å². The molecule has 2 heterocycles. The molecule has 2 aromatic heterocycles. The Morgan fingerprint density at radius 2 is 2.21 bits per heavy atom. The van der Waals surface area contributed by atoms with Crippen molar-refractivity contribution < 1.29 is 9.90 Å². The van der Waals surface area contributed by atoms with Crippen LogP contribution in [-0.4, -0.2) is 31.1 Å². The van der Waals surface area contributed by atoms with Gasteiger partial charge in [0.05, 0.1) is 22.8 Å². The Bertz CT molecular complexity index is 517. The van der Waals surface area contributed by atoms with E-state index in [1.165, 1.54) is 10.9 Å². The molecule has 0 amide bonds. The van der Waals surface area contributed by atoms with Gasteiger partial charge >= 0.3 is 5.97 Å². The quantitative estimate of drug-likeness (QED) is 0.705. The second kappa shape index (κ2) is 2.76. The predicted octanol–water partition coefficient (Wildman–Crippen LogP) is 0.370. The average molecular weight is 192 g/mol. The van der Waals surface area contributed by atoms with Crippen LogP contribution in [0.2, 0.25) is 0 Å². The maximum absolute atomic E-state index is 10.9. The molecule has 6 nitrogen and oxygen atoms in total. The third-order valence-electron chi connectivity index (χ3n) is 2.05. The number of hydrogen-bond acceptors (Lipinski definition) is 4. The number of aromatic carboxylic acids is 1. The predicted molar refractivity (Wildman–Crippen MR) is 48.0 cm³/mol. The Morgan fingerprint density at radius 1 is 1.50 bits per heavy atom. The Kier molecular flexibility index (Phi) is 1.70. The van der Waals surface area contributed by atoms with Crippen LogP contribution in [0, 0.1) is 6.92 Å². The molecule has 0 atom stereocenters. The Balaban J connectivity index is 2.90. The molecule has 2 rings (SSSR count). The highest BCUT2D eigenvalue weighted by Gasteiger charge is 2.16. The van der Waals surface area contributed by atoms with Crippen molar-refractivity contribution in [3.8, 4) is 0 Å². The van der Waals surface area contributed by atoms with Gasteiger partial charge in [0.25, 0.3) is 0 Å². The topological polar surface area (TPSA) is 80.9 Å². The lowest BCUT2D eigenvalue weighted by Gasteiger charge is -1.99. The van der Waals surface area contributed by atoms with Gasteiger partial charge in [0.1, 0.15) is 0 Å². The number of aryl methyl sites for hydroxylation is 2. The first-order valence-electron chi connectivity index (χ1n) is 3.99. The second-order valence-corrected chi connectivity index (χ2v) is 2.97. The lowest BCUT2D eigenvalue weighted by atomic mass is 10.1. The van der Waals surface area contributed by atoms with Crippen LogP contribution < -0.4 is 0 Å². The fraction of sp³-hybridized carbons (Fsp3) is 0.250. The number of carboxylic acids is 1. The van der Waals surface area contributed by atoms with Crippen LogP contribution in [0.3, 0.4) is 0 Å². The third kappa shape index (κ3) is 1.04. The number of carbonyl (C=O) groups is 1. The number of carboxylic acid groups (broad SMARTS) is 1. The number of nitrogens with zero attached hydrogens (tertiary/aromatic N) is 4. The molecule has 0 saturated carbocycles. The first-order valence-corrected chi connectivity index (χ1v) is 3.99. The first-order chi connectivity index (χ1) is 6.61. The van der Waals surface area contributed by atoms with Crippen LogP contribution >= 0.6 is 0 Å². The summed E-state index contributed by atoms with van der Waals surface area (Å²) in [5.41, 5.74) is 1.05. The van der Waals surface area contributed by atoms with E-state index in [1.54, 1.807) is 14.0 Å². The Morgan fingerprint density at radius 3 is 2.86 bits per heavy atom. The van der Waals surface area contributed by atoms with Gasteiger partial charge in [-0.3, -0.25) is 0 Å². The molecular formula is C8H8N4O2. The van der Waals surface area contributed by atoms with Crippen molar-refractivity contribution in [2.24, 2.45) is 7.05 Å². The Hall–Kier alpha value is -1.98. The van der Waals surface area contributed by atoms with Crippen molar-refractivity contribution in [3.63, 3.8) is 0 Å². The fourth-order valence-corrected chi connectivity index (χ4v) is 1.36. The standard InChI is InChI=1S/C8H8N4O2/c1-4-6(8(13)14)5-3-9-12(2)7(5)11-10-4/h3H,1-2H3,(H,13,14). The molecule has 72 valence electrons. The van der Waals surface area contributed by atoms with Crippen LogP contribution in [0.5, 0.6) is 0 Å². The molecule has 0 aromatic carbocycles. The summed E-state index contributed by atoms with van der Waals surface area (Å²) in [6, 6.07) is 0. The van der Waals surface area contributed by atoms with Crippen LogP contribution in [0.15, 0.2) is 6.20 Å². The second-order valence-electron chi connectivity index (χ2n) is 2.97. The number of fused-ring (bicyclic) bond motifs is 1. The van der Waals surface area contributed by atoms with Gasteiger partial charge in [-0.2, -0.15) is 10.2 Å². The highest BCUT2D eigenvalue weighted by molar-refractivity contribution is 6.02. The van der Waals surface area contributed by atoms with Gasteiger partial charge < -0.3 is 5.11 Å². The molecule has 14 heavy (non-hydrogen) atoms. The zero-order valence-electron chi connectivity index (χ0n) is 7.72. The molecule has 2 aromatic rings. The van der Waals surface area contributed by atoms with Gasteiger partial charge in [0, 0.05) is 7.05 Å². The van der Waals surface area contributed by atoms with Crippen LogP contribution in [0.1, 0.15) is 16.1 Å².